The van der Waals surface area contributed by atoms with Gasteiger partial charge in [0.05, 0.1) is 30.5 Å². The van der Waals surface area contributed by atoms with Crippen LogP contribution < -0.4 is 9.47 Å². The molecular formula is C32H42N4O5. The van der Waals surface area contributed by atoms with Crippen LogP contribution in [0, 0.1) is 13.8 Å². The van der Waals surface area contributed by atoms with Crippen molar-refractivity contribution in [1.82, 2.24) is 19.2 Å². The Kier molecular flexibility index (Phi) is 9.70. The molecule has 41 heavy (non-hydrogen) atoms. The maximum atomic E-state index is 13.6. The van der Waals surface area contributed by atoms with Crippen LogP contribution in [0.15, 0.2) is 42.1 Å². The fraction of sp³-hybridized carbons (Fsp3) is 0.469. The molecule has 1 fully saturated rings. The molecule has 9 heteroatoms. The number of amides is 1. The zero-order valence-corrected chi connectivity index (χ0v) is 25.1. The lowest BCUT2D eigenvalue weighted by Gasteiger charge is -2.26. The standard InChI is InChI=1S/C32H42N4O5/c1-7-9-10-19-41-24-15-14-23(20-25(24)40-8-2)28-26(30(38)32(39)36(28)18-12-16-34(5)6)29(37)27-22(4)35-17-11-13-21(3)31(35)33-27/h11,13-15,17,20,28,37H,7-10,12,16,18-19H2,1-6H3. The largest absolute Gasteiger partial charge is 0.505 e. The molecule has 0 saturated carbocycles. The number of rotatable bonds is 13. The van der Waals surface area contributed by atoms with Gasteiger partial charge in [-0.25, -0.2) is 4.98 Å². The van der Waals surface area contributed by atoms with Gasteiger partial charge < -0.3 is 28.8 Å². The quantitative estimate of drug-likeness (QED) is 0.131. The maximum Gasteiger partial charge on any atom is 0.295 e. The molecule has 1 atom stereocenters. The van der Waals surface area contributed by atoms with E-state index in [0.29, 0.717) is 54.6 Å². The molecule has 0 spiro atoms. The van der Waals surface area contributed by atoms with Crippen LogP contribution in [-0.4, -0.2) is 76.4 Å². The third-order valence-electron chi connectivity index (χ3n) is 7.44. The summed E-state index contributed by atoms with van der Waals surface area (Å²) in [5.41, 5.74) is 3.29. The SMILES string of the molecule is CCCCCOc1ccc(C2C(=C(O)c3nc4c(C)cccn4c3C)C(=O)C(=O)N2CCCN(C)C)cc1OCC. The molecule has 4 rings (SSSR count). The fourth-order valence-electron chi connectivity index (χ4n) is 5.30. The van der Waals surface area contributed by atoms with Crippen molar-refractivity contribution in [3.05, 3.63) is 64.6 Å². The molecule has 1 aromatic carbocycles. The minimum atomic E-state index is -0.796. The van der Waals surface area contributed by atoms with E-state index in [1.807, 2.05) is 80.7 Å². The second kappa shape index (κ2) is 13.2. The van der Waals surface area contributed by atoms with E-state index < -0.39 is 17.7 Å². The van der Waals surface area contributed by atoms with Gasteiger partial charge in [0.15, 0.2) is 17.3 Å². The van der Waals surface area contributed by atoms with Gasteiger partial charge in [-0.15, -0.1) is 0 Å². The number of hydrogen-bond donors (Lipinski definition) is 1. The number of aryl methyl sites for hydroxylation is 2. The summed E-state index contributed by atoms with van der Waals surface area (Å²) in [6.45, 7) is 9.92. The second-order valence-corrected chi connectivity index (χ2v) is 10.8. The predicted octanol–water partition coefficient (Wildman–Crippen LogP) is 5.29. The Morgan fingerprint density at radius 3 is 2.51 bits per heavy atom. The summed E-state index contributed by atoms with van der Waals surface area (Å²) in [4.78, 5) is 35.3. The lowest BCUT2D eigenvalue weighted by molar-refractivity contribution is -0.139. The number of Topliss-reactive ketones (excluding diaryl/α,β-unsaturated/α-hetero) is 1. The number of carbonyl (C=O) groups is 2. The zero-order chi connectivity index (χ0) is 29.7. The van der Waals surface area contributed by atoms with Crippen molar-refractivity contribution in [2.75, 3.05) is 40.4 Å². The normalized spacial score (nSPS) is 16.8. The minimum absolute atomic E-state index is 0.0306. The van der Waals surface area contributed by atoms with Gasteiger partial charge in [0.2, 0.25) is 0 Å². The van der Waals surface area contributed by atoms with Crippen LogP contribution in [0.4, 0.5) is 0 Å². The lowest BCUT2D eigenvalue weighted by atomic mass is 9.96. The number of imidazole rings is 1. The van der Waals surface area contributed by atoms with Crippen LogP contribution in [-0.2, 0) is 9.59 Å². The number of carbonyl (C=O) groups excluding carboxylic acids is 2. The molecular weight excluding hydrogens is 520 g/mol. The summed E-state index contributed by atoms with van der Waals surface area (Å²) in [6.07, 6.45) is 5.64. The molecule has 1 amide bonds. The van der Waals surface area contributed by atoms with Crippen molar-refractivity contribution >= 4 is 23.1 Å². The van der Waals surface area contributed by atoms with Crippen LogP contribution in [0.1, 0.15) is 68.1 Å². The Morgan fingerprint density at radius 1 is 1.05 bits per heavy atom. The molecule has 9 nitrogen and oxygen atoms in total. The molecule has 0 radical (unpaired) electrons. The van der Waals surface area contributed by atoms with Crippen molar-refractivity contribution < 1.29 is 24.2 Å². The van der Waals surface area contributed by atoms with E-state index in [1.165, 1.54) is 0 Å². The van der Waals surface area contributed by atoms with E-state index in [4.69, 9.17) is 9.47 Å². The Labute approximate surface area is 242 Å². The van der Waals surface area contributed by atoms with Crippen molar-refractivity contribution in [1.29, 1.82) is 0 Å². The summed E-state index contributed by atoms with van der Waals surface area (Å²) in [5, 5.41) is 11.7. The van der Waals surface area contributed by atoms with E-state index in [2.05, 4.69) is 11.9 Å². The molecule has 0 aliphatic carbocycles. The Morgan fingerprint density at radius 2 is 1.83 bits per heavy atom. The van der Waals surface area contributed by atoms with Crippen LogP contribution >= 0.6 is 0 Å². The molecule has 2 aromatic heterocycles. The number of aliphatic hydroxyl groups is 1. The first-order valence-electron chi connectivity index (χ1n) is 14.5. The third-order valence-corrected chi connectivity index (χ3v) is 7.44. The number of benzene rings is 1. The van der Waals surface area contributed by atoms with Crippen LogP contribution in [0.2, 0.25) is 0 Å². The van der Waals surface area contributed by atoms with Crippen molar-refractivity contribution in [2.45, 2.75) is 59.4 Å². The summed E-state index contributed by atoms with van der Waals surface area (Å²) in [7, 11) is 3.93. The van der Waals surface area contributed by atoms with Crippen molar-refractivity contribution in [2.24, 2.45) is 0 Å². The first-order chi connectivity index (χ1) is 19.7. The highest BCUT2D eigenvalue weighted by molar-refractivity contribution is 6.46. The number of ketones is 1. The van der Waals surface area contributed by atoms with Gasteiger partial charge in [0.1, 0.15) is 11.3 Å². The number of aliphatic hydroxyl groups excluding tert-OH is 1. The first kappa shape index (κ1) is 30.1. The van der Waals surface area contributed by atoms with E-state index in [1.54, 1.807) is 4.90 Å². The molecule has 1 saturated heterocycles. The van der Waals surface area contributed by atoms with Gasteiger partial charge in [0, 0.05) is 12.7 Å². The van der Waals surface area contributed by atoms with Crippen molar-refractivity contribution in [3.8, 4) is 11.5 Å². The number of pyridine rings is 1. The van der Waals surface area contributed by atoms with Gasteiger partial charge in [-0.1, -0.05) is 31.9 Å². The monoisotopic (exact) mass is 562 g/mol. The molecule has 3 heterocycles. The number of aromatic nitrogens is 2. The van der Waals surface area contributed by atoms with Crippen LogP contribution in [0.25, 0.3) is 11.4 Å². The number of ether oxygens (including phenoxy) is 2. The lowest BCUT2D eigenvalue weighted by Crippen LogP contribution is -2.32. The van der Waals surface area contributed by atoms with E-state index in [9.17, 15) is 14.7 Å². The number of nitrogens with zero attached hydrogens (tertiary/aromatic N) is 4. The predicted molar refractivity (Wildman–Crippen MR) is 159 cm³/mol. The maximum absolute atomic E-state index is 13.6. The number of hydrogen-bond acceptors (Lipinski definition) is 7. The smallest absolute Gasteiger partial charge is 0.295 e. The molecule has 1 aliphatic rings. The van der Waals surface area contributed by atoms with E-state index >= 15 is 0 Å². The van der Waals surface area contributed by atoms with Crippen LogP contribution in [0.3, 0.4) is 0 Å². The molecule has 220 valence electrons. The minimum Gasteiger partial charge on any atom is -0.505 e. The Bertz CT molecular complexity index is 1440. The van der Waals surface area contributed by atoms with Gasteiger partial charge >= 0.3 is 0 Å². The van der Waals surface area contributed by atoms with Crippen LogP contribution in [0.5, 0.6) is 11.5 Å². The van der Waals surface area contributed by atoms with Gasteiger partial charge in [0.25, 0.3) is 11.7 Å². The highest BCUT2D eigenvalue weighted by atomic mass is 16.5. The highest BCUT2D eigenvalue weighted by Crippen LogP contribution is 2.42. The molecule has 1 N–H and O–H groups in total. The van der Waals surface area contributed by atoms with Gasteiger partial charge in [-0.3, -0.25) is 9.59 Å². The summed E-state index contributed by atoms with van der Waals surface area (Å²) < 4.78 is 13.8. The number of unbranched alkanes of at least 4 members (excludes halogenated alkanes) is 2. The topological polar surface area (TPSA) is 96.6 Å². The van der Waals surface area contributed by atoms with Gasteiger partial charge in [-0.05, 0) is 83.6 Å². The van der Waals surface area contributed by atoms with Gasteiger partial charge in [-0.2, -0.15) is 0 Å². The molecule has 0 bridgehead atoms. The molecule has 1 aliphatic heterocycles. The number of likely N-dealkylation sites (tertiary alicyclic amines) is 1. The zero-order valence-electron chi connectivity index (χ0n) is 25.1. The Hall–Kier alpha value is -3.85. The first-order valence-corrected chi connectivity index (χ1v) is 14.5. The average Bonchev–Trinajstić information content (AvgIpc) is 3.41. The second-order valence-electron chi connectivity index (χ2n) is 10.8. The Balaban J connectivity index is 1.83. The molecule has 3 aromatic rings. The average molecular weight is 563 g/mol. The number of fused-ring (bicyclic) bond motifs is 1. The summed E-state index contributed by atoms with van der Waals surface area (Å²) in [5.74, 6) is -0.473. The highest BCUT2D eigenvalue weighted by Gasteiger charge is 2.46. The van der Waals surface area contributed by atoms with E-state index in [-0.39, 0.29) is 17.0 Å². The third kappa shape index (κ3) is 6.25. The van der Waals surface area contributed by atoms with Crippen molar-refractivity contribution in [3.63, 3.8) is 0 Å². The summed E-state index contributed by atoms with van der Waals surface area (Å²) in [6, 6.07) is 8.55. The fourth-order valence-corrected chi connectivity index (χ4v) is 5.30. The summed E-state index contributed by atoms with van der Waals surface area (Å²) >= 11 is 0. The molecule has 1 unspecified atom stereocenters. The van der Waals surface area contributed by atoms with E-state index in [0.717, 1.165) is 31.4 Å².